The van der Waals surface area contributed by atoms with E-state index in [1.807, 2.05) is 0 Å². The number of aromatic nitrogens is 2. The zero-order chi connectivity index (χ0) is 23.2. The minimum atomic E-state index is -6.45. The van der Waals surface area contributed by atoms with Crippen LogP contribution >= 0.6 is 0 Å². The summed E-state index contributed by atoms with van der Waals surface area (Å²) >= 11 is 0. The number of carbonyl (C=O) groups is 1. The molecule has 0 aliphatic carbocycles. The van der Waals surface area contributed by atoms with E-state index in [2.05, 4.69) is 5.10 Å². The van der Waals surface area contributed by atoms with Crippen LogP contribution in [-0.4, -0.2) is 26.8 Å². The highest BCUT2D eigenvalue weighted by atomic mass is 19.4. The minimum Gasteiger partial charge on any atom is -0.306 e. The molecule has 164 valence electrons. The second-order valence-corrected chi connectivity index (χ2v) is 5.62. The second-order valence-electron chi connectivity index (χ2n) is 5.62. The molecule has 7 nitrogen and oxygen atoms in total. The Kier molecular flexibility index (Phi) is 5.49. The fraction of sp³-hybridized carbons (Fsp3) is 0.286. The van der Waals surface area contributed by atoms with Gasteiger partial charge in [0.15, 0.2) is 5.69 Å². The first-order valence-corrected chi connectivity index (χ1v) is 7.33. The lowest BCUT2D eigenvalue weighted by Crippen LogP contribution is -2.36. The lowest BCUT2D eigenvalue weighted by molar-refractivity contribution is -0.387. The molecule has 0 bridgehead atoms. The summed E-state index contributed by atoms with van der Waals surface area (Å²) in [7, 11) is 0.518. The van der Waals surface area contributed by atoms with Crippen LogP contribution in [0.5, 0.6) is 0 Å². The van der Waals surface area contributed by atoms with E-state index in [-0.39, 0.29) is 4.68 Å². The van der Waals surface area contributed by atoms with Crippen LogP contribution in [0.2, 0.25) is 0 Å². The number of nitrogens with one attached hydrogen (secondary N) is 1. The van der Waals surface area contributed by atoms with E-state index in [0.29, 0.717) is 19.2 Å². The molecule has 1 amide bonds. The fourth-order valence-electron chi connectivity index (χ4n) is 2.30. The predicted octanol–water partition coefficient (Wildman–Crippen LogP) is 4.39. The van der Waals surface area contributed by atoms with Crippen molar-refractivity contribution in [2.75, 3.05) is 5.32 Å². The maximum Gasteiger partial charge on any atom is 0.459 e. The smallest absolute Gasteiger partial charge is 0.306 e. The van der Waals surface area contributed by atoms with E-state index in [1.165, 1.54) is 5.32 Å². The van der Waals surface area contributed by atoms with E-state index in [9.17, 15) is 54.4 Å². The summed E-state index contributed by atoms with van der Waals surface area (Å²) in [6, 6.07) is 2.04. The predicted molar refractivity (Wildman–Crippen MR) is 79.2 cm³/mol. The highest BCUT2D eigenvalue weighted by Crippen LogP contribution is 2.49. The topological polar surface area (TPSA) is 90.1 Å². The molecule has 0 aliphatic rings. The third kappa shape index (κ3) is 3.88. The van der Waals surface area contributed by atoms with Gasteiger partial charge >= 0.3 is 24.0 Å². The van der Waals surface area contributed by atoms with Crippen LogP contribution < -0.4 is 5.32 Å². The van der Waals surface area contributed by atoms with Crippen LogP contribution in [0.25, 0.3) is 0 Å². The van der Waals surface area contributed by atoms with E-state index in [1.54, 1.807) is 0 Å². The number of halogens is 9. The van der Waals surface area contributed by atoms with Crippen molar-refractivity contribution in [1.82, 2.24) is 9.78 Å². The number of nitro groups is 1. The molecule has 0 radical (unpaired) electrons. The molecule has 0 atom stereocenters. The Morgan fingerprint density at radius 1 is 1.13 bits per heavy atom. The third-order valence-corrected chi connectivity index (χ3v) is 3.64. The Hall–Kier alpha value is -3.33. The molecule has 1 heterocycles. The first-order chi connectivity index (χ1) is 13.5. The van der Waals surface area contributed by atoms with Gasteiger partial charge in [-0.05, 0) is 6.07 Å². The molecular formula is C14H7F9N4O3. The van der Waals surface area contributed by atoms with Crippen LogP contribution in [0.15, 0.2) is 18.2 Å². The molecular weight excluding hydrogens is 443 g/mol. The van der Waals surface area contributed by atoms with Gasteiger partial charge in [-0.25, -0.2) is 0 Å². The van der Waals surface area contributed by atoms with Crippen molar-refractivity contribution in [3.05, 3.63) is 51.0 Å². The number of rotatable bonds is 4. The molecule has 1 aromatic carbocycles. The van der Waals surface area contributed by atoms with Crippen molar-refractivity contribution in [3.63, 3.8) is 0 Å². The van der Waals surface area contributed by atoms with Crippen molar-refractivity contribution in [2.24, 2.45) is 7.05 Å². The van der Waals surface area contributed by atoms with E-state index in [4.69, 9.17) is 0 Å². The molecule has 1 N–H and O–H groups in total. The molecule has 0 saturated carbocycles. The molecule has 0 fully saturated rings. The maximum atomic E-state index is 14.0. The van der Waals surface area contributed by atoms with Crippen molar-refractivity contribution in [3.8, 4) is 0 Å². The van der Waals surface area contributed by atoms with Gasteiger partial charge in [-0.15, -0.1) is 0 Å². The normalized spacial score (nSPS) is 12.7. The molecule has 2 rings (SSSR count). The van der Waals surface area contributed by atoms with Crippen molar-refractivity contribution < 1.29 is 49.2 Å². The quantitative estimate of drug-likeness (QED) is 0.425. The number of hydrogen-bond donors (Lipinski definition) is 1. The number of alkyl halides is 8. The van der Waals surface area contributed by atoms with E-state index in [0.717, 1.165) is 6.07 Å². The third-order valence-electron chi connectivity index (χ3n) is 3.64. The Bertz CT molecular complexity index is 1010. The number of amides is 1. The first-order valence-electron chi connectivity index (χ1n) is 7.33. The zero-order valence-electron chi connectivity index (χ0n) is 14.2. The van der Waals surface area contributed by atoms with Gasteiger partial charge in [-0.1, -0.05) is 6.07 Å². The number of benzene rings is 1. The number of nitrogens with zero attached hydrogens (tertiary/aromatic N) is 3. The summed E-state index contributed by atoms with van der Waals surface area (Å²) < 4.78 is 119. The second kappa shape index (κ2) is 7.17. The van der Waals surface area contributed by atoms with Gasteiger partial charge < -0.3 is 5.32 Å². The fourth-order valence-corrected chi connectivity index (χ4v) is 2.30. The van der Waals surface area contributed by atoms with Crippen LogP contribution in [0, 0.1) is 15.9 Å². The van der Waals surface area contributed by atoms with Gasteiger partial charge in [0.1, 0.15) is 11.4 Å². The Morgan fingerprint density at radius 2 is 1.70 bits per heavy atom. The summed E-state index contributed by atoms with van der Waals surface area (Å²) in [4.78, 5) is 21.5. The highest BCUT2D eigenvalue weighted by molar-refractivity contribution is 6.05. The van der Waals surface area contributed by atoms with Gasteiger partial charge in [0.2, 0.25) is 5.82 Å². The van der Waals surface area contributed by atoms with Crippen molar-refractivity contribution >= 4 is 17.4 Å². The Morgan fingerprint density at radius 3 is 2.17 bits per heavy atom. The average Bonchev–Trinajstić information content (AvgIpc) is 2.91. The summed E-state index contributed by atoms with van der Waals surface area (Å²) in [6.07, 6.45) is -12.3. The van der Waals surface area contributed by atoms with Gasteiger partial charge in [0.05, 0.1) is 10.5 Å². The SMILES string of the molecule is Cn1nc(C(F)(F)C(F)(F)F)c(C(F)(F)F)c1NC(=O)c1cccc([N+](=O)[O-])c1F. The Balaban J connectivity index is 2.63. The maximum absolute atomic E-state index is 14.0. The molecule has 0 saturated heterocycles. The standard InChI is InChI=1S/C14H7F9N4O3/c1-26-10(24-11(28)5-3-2-4-6(8(5)15)27(29)30)7(13(18,19)20)9(25-26)12(16,17)14(21,22)23/h2-4H,1H3,(H,24,28). The van der Waals surface area contributed by atoms with Crippen LogP contribution in [0.1, 0.15) is 21.6 Å². The number of nitro benzene ring substituents is 1. The van der Waals surface area contributed by atoms with Gasteiger partial charge in [0, 0.05) is 13.1 Å². The van der Waals surface area contributed by atoms with Crippen molar-refractivity contribution in [1.29, 1.82) is 0 Å². The van der Waals surface area contributed by atoms with Crippen LogP contribution in [0.4, 0.5) is 51.0 Å². The van der Waals surface area contributed by atoms with Crippen LogP contribution in [0.3, 0.4) is 0 Å². The average molecular weight is 450 g/mol. The largest absolute Gasteiger partial charge is 0.459 e. The highest BCUT2D eigenvalue weighted by Gasteiger charge is 2.64. The minimum absolute atomic E-state index is 0.120. The molecule has 1 aromatic heterocycles. The first kappa shape index (κ1) is 23.0. The monoisotopic (exact) mass is 450 g/mol. The lowest BCUT2D eigenvalue weighted by atomic mass is 10.1. The summed E-state index contributed by atoms with van der Waals surface area (Å²) in [6.45, 7) is 0. The van der Waals surface area contributed by atoms with Crippen LogP contribution in [-0.2, 0) is 19.1 Å². The molecule has 0 unspecified atom stereocenters. The van der Waals surface area contributed by atoms with E-state index >= 15 is 0 Å². The Labute approximate surface area is 159 Å². The number of anilines is 1. The van der Waals surface area contributed by atoms with Gasteiger partial charge in [-0.3, -0.25) is 19.6 Å². The van der Waals surface area contributed by atoms with Gasteiger partial charge in [0.25, 0.3) is 5.91 Å². The molecule has 0 spiro atoms. The molecule has 2 aromatic rings. The summed E-state index contributed by atoms with van der Waals surface area (Å²) in [5.41, 5.74) is -7.75. The number of carbonyl (C=O) groups excluding carboxylic acids is 1. The lowest BCUT2D eigenvalue weighted by Gasteiger charge is -2.19. The molecule has 30 heavy (non-hydrogen) atoms. The summed E-state index contributed by atoms with van der Waals surface area (Å²) in [5, 5.41) is 14.6. The summed E-state index contributed by atoms with van der Waals surface area (Å²) in [5.74, 6) is -11.3. The molecule has 0 aliphatic heterocycles. The zero-order valence-corrected chi connectivity index (χ0v) is 14.2. The number of hydrogen-bond acceptors (Lipinski definition) is 4. The van der Waals surface area contributed by atoms with Gasteiger partial charge in [-0.2, -0.15) is 44.6 Å². The van der Waals surface area contributed by atoms with Crippen molar-refractivity contribution in [2.45, 2.75) is 18.3 Å². The van der Waals surface area contributed by atoms with E-state index < -0.39 is 63.2 Å². The number of aryl methyl sites for hydroxylation is 1. The molecule has 16 heteroatoms.